The number of hydrogen-bond donors (Lipinski definition) is 3. The van der Waals surface area contributed by atoms with Gasteiger partial charge in [-0.25, -0.2) is 4.98 Å². The van der Waals surface area contributed by atoms with Crippen LogP contribution in [0.4, 0.5) is 10.3 Å². The number of nitrogens with one attached hydrogen (secondary N) is 1. The number of H-pyrrole nitrogens is 1. The van der Waals surface area contributed by atoms with Crippen LogP contribution in [0, 0.1) is 5.92 Å². The normalized spacial score (nSPS) is 13.0. The number of aromatic nitrogens is 4. The first-order chi connectivity index (χ1) is 8.65. The van der Waals surface area contributed by atoms with E-state index in [0.717, 1.165) is 0 Å². The number of fused-ring (bicyclic) bond motifs is 1. The number of nitrogens with zero attached hydrogens (tertiary/aromatic N) is 3. The summed E-state index contributed by atoms with van der Waals surface area (Å²) in [6.07, 6.45) is 1.89. The zero-order valence-electron chi connectivity index (χ0n) is 9.64. The van der Waals surface area contributed by atoms with Gasteiger partial charge in [0.1, 0.15) is 0 Å². The molecule has 2 heterocycles. The number of nitrogens with two attached hydrogens (primary N) is 1. The summed E-state index contributed by atoms with van der Waals surface area (Å²) >= 11 is 0. The number of anilines is 1. The van der Waals surface area contributed by atoms with Crippen LogP contribution >= 0.6 is 0 Å². The van der Waals surface area contributed by atoms with Gasteiger partial charge < -0.3 is 15.4 Å². The van der Waals surface area contributed by atoms with E-state index in [-0.39, 0.29) is 18.1 Å². The molecule has 0 aromatic carbocycles. The minimum Gasteiger partial charge on any atom is -0.396 e. The molecule has 0 spiro atoms. The fourth-order valence-corrected chi connectivity index (χ4v) is 1.67. The summed E-state index contributed by atoms with van der Waals surface area (Å²) in [5, 5.41) is 8.90. The van der Waals surface area contributed by atoms with Gasteiger partial charge in [0.15, 0.2) is 11.2 Å². The average Bonchev–Trinajstić information content (AvgIpc) is 2.74. The lowest BCUT2D eigenvalue weighted by atomic mass is 10.1. The summed E-state index contributed by atoms with van der Waals surface area (Å²) in [5.74, 6) is -0.403. The van der Waals surface area contributed by atoms with Crippen LogP contribution in [0.3, 0.4) is 0 Å². The molecule has 98 valence electrons. The number of aromatic amines is 1. The molecule has 8 heteroatoms. The Morgan fingerprint density at radius 2 is 2.39 bits per heavy atom. The predicted octanol–water partition coefficient (Wildman–Crippen LogP) is -0.330. The molecule has 0 aliphatic rings. The molecule has 0 saturated carbocycles. The van der Waals surface area contributed by atoms with Gasteiger partial charge in [-0.05, 0) is 6.42 Å². The molecule has 0 aliphatic heterocycles. The van der Waals surface area contributed by atoms with E-state index in [1.165, 1.54) is 6.33 Å². The molecule has 2 rings (SSSR count). The summed E-state index contributed by atoms with van der Waals surface area (Å²) in [6, 6.07) is 0. The summed E-state index contributed by atoms with van der Waals surface area (Å²) in [4.78, 5) is 21.8. The second kappa shape index (κ2) is 5.13. The van der Waals surface area contributed by atoms with E-state index < -0.39 is 18.2 Å². The zero-order chi connectivity index (χ0) is 13.1. The minimum absolute atomic E-state index is 0.0125. The number of alkyl halides is 1. The van der Waals surface area contributed by atoms with Gasteiger partial charge in [0.05, 0.1) is 13.0 Å². The summed E-state index contributed by atoms with van der Waals surface area (Å²) < 4.78 is 14.1. The minimum atomic E-state index is -0.584. The van der Waals surface area contributed by atoms with E-state index in [1.54, 1.807) is 4.57 Å². The van der Waals surface area contributed by atoms with E-state index >= 15 is 0 Å². The molecular formula is C10H14FN5O2. The highest BCUT2D eigenvalue weighted by molar-refractivity contribution is 5.70. The van der Waals surface area contributed by atoms with E-state index in [0.29, 0.717) is 18.6 Å². The fourth-order valence-electron chi connectivity index (χ4n) is 1.67. The molecule has 0 aliphatic carbocycles. The number of hydrogen-bond acceptors (Lipinski definition) is 5. The number of aliphatic hydroxyl groups is 1. The Labute approximate surface area is 101 Å². The Morgan fingerprint density at radius 1 is 1.61 bits per heavy atom. The molecule has 0 bridgehead atoms. The molecule has 0 unspecified atom stereocenters. The third-order valence-electron chi connectivity index (χ3n) is 2.75. The summed E-state index contributed by atoms with van der Waals surface area (Å²) in [5.41, 5.74) is 5.62. The first-order valence-corrected chi connectivity index (χ1v) is 5.53. The van der Waals surface area contributed by atoms with Gasteiger partial charge in [0.2, 0.25) is 5.95 Å². The first kappa shape index (κ1) is 12.5. The molecule has 1 atom stereocenters. The molecule has 0 fully saturated rings. The molecule has 4 N–H and O–H groups in total. The highest BCUT2D eigenvalue weighted by Crippen LogP contribution is 2.10. The SMILES string of the molecule is Nc1nc2c(ncn2CC[C@@H](CO)CF)c(=O)[nH]1. The van der Waals surface area contributed by atoms with Gasteiger partial charge in [-0.3, -0.25) is 14.2 Å². The second-order valence-electron chi connectivity index (χ2n) is 4.05. The van der Waals surface area contributed by atoms with Crippen LogP contribution < -0.4 is 11.3 Å². The quantitative estimate of drug-likeness (QED) is 0.677. The maximum atomic E-state index is 12.5. The van der Waals surface area contributed by atoms with Crippen LogP contribution in [-0.4, -0.2) is 37.9 Å². The number of aliphatic hydroxyl groups excluding tert-OH is 1. The van der Waals surface area contributed by atoms with Gasteiger partial charge in [-0.2, -0.15) is 4.98 Å². The van der Waals surface area contributed by atoms with E-state index in [1.807, 2.05) is 0 Å². The number of halogens is 1. The average molecular weight is 255 g/mol. The van der Waals surface area contributed by atoms with Crippen molar-refractivity contribution in [1.29, 1.82) is 0 Å². The first-order valence-electron chi connectivity index (χ1n) is 5.53. The second-order valence-corrected chi connectivity index (χ2v) is 4.05. The molecule has 7 nitrogen and oxygen atoms in total. The molecule has 0 radical (unpaired) electrons. The van der Waals surface area contributed by atoms with Crippen molar-refractivity contribution in [2.24, 2.45) is 5.92 Å². The smallest absolute Gasteiger partial charge is 0.280 e. The Kier molecular flexibility index (Phi) is 3.56. The van der Waals surface area contributed by atoms with Gasteiger partial charge in [0.25, 0.3) is 5.56 Å². The van der Waals surface area contributed by atoms with Crippen molar-refractivity contribution in [1.82, 2.24) is 19.5 Å². The molecular weight excluding hydrogens is 241 g/mol. The Morgan fingerprint density at radius 3 is 3.06 bits per heavy atom. The van der Waals surface area contributed by atoms with Crippen LogP contribution in [0.5, 0.6) is 0 Å². The highest BCUT2D eigenvalue weighted by atomic mass is 19.1. The fraction of sp³-hybridized carbons (Fsp3) is 0.500. The zero-order valence-corrected chi connectivity index (χ0v) is 9.64. The molecule has 0 amide bonds. The maximum Gasteiger partial charge on any atom is 0.280 e. The number of aryl methyl sites for hydroxylation is 1. The van der Waals surface area contributed by atoms with E-state index in [2.05, 4.69) is 15.0 Å². The Hall–Kier alpha value is -1.96. The maximum absolute atomic E-state index is 12.5. The van der Waals surface area contributed by atoms with Gasteiger partial charge >= 0.3 is 0 Å². The van der Waals surface area contributed by atoms with E-state index in [9.17, 15) is 9.18 Å². The molecule has 0 saturated heterocycles. The number of imidazole rings is 1. The van der Waals surface area contributed by atoms with Crippen molar-refractivity contribution in [3.63, 3.8) is 0 Å². The number of nitrogen functional groups attached to an aromatic ring is 1. The lowest BCUT2D eigenvalue weighted by Crippen LogP contribution is -2.14. The van der Waals surface area contributed by atoms with Crippen LogP contribution in [0.15, 0.2) is 11.1 Å². The summed E-state index contributed by atoms with van der Waals surface area (Å²) in [6.45, 7) is -0.375. The van der Waals surface area contributed by atoms with Crippen molar-refractivity contribution >= 4 is 17.1 Å². The topological polar surface area (TPSA) is 110 Å². The van der Waals surface area contributed by atoms with Crippen molar-refractivity contribution in [2.45, 2.75) is 13.0 Å². The standard InChI is InChI=1S/C10H14FN5O2/c11-3-6(4-17)1-2-16-5-13-7-8(16)14-10(12)15-9(7)18/h5-6,17H,1-4H2,(H3,12,14,15,18)/t6-/m1/s1. The predicted molar refractivity (Wildman–Crippen MR) is 63.7 cm³/mol. The Bertz CT molecular complexity index is 589. The Balaban J connectivity index is 2.27. The van der Waals surface area contributed by atoms with Crippen LogP contribution in [-0.2, 0) is 6.54 Å². The lowest BCUT2D eigenvalue weighted by Gasteiger charge is -2.10. The van der Waals surface area contributed by atoms with Crippen molar-refractivity contribution in [3.05, 3.63) is 16.7 Å². The van der Waals surface area contributed by atoms with Crippen LogP contribution in [0.2, 0.25) is 0 Å². The molecule has 2 aromatic heterocycles. The number of rotatable bonds is 5. The summed E-state index contributed by atoms with van der Waals surface area (Å²) in [7, 11) is 0. The van der Waals surface area contributed by atoms with Gasteiger partial charge in [-0.1, -0.05) is 0 Å². The van der Waals surface area contributed by atoms with E-state index in [4.69, 9.17) is 10.8 Å². The van der Waals surface area contributed by atoms with Crippen molar-refractivity contribution in [2.75, 3.05) is 19.0 Å². The monoisotopic (exact) mass is 255 g/mol. The molecule has 18 heavy (non-hydrogen) atoms. The molecule has 2 aromatic rings. The van der Waals surface area contributed by atoms with Crippen LogP contribution in [0.1, 0.15) is 6.42 Å². The van der Waals surface area contributed by atoms with Crippen molar-refractivity contribution < 1.29 is 9.50 Å². The third kappa shape index (κ3) is 2.33. The van der Waals surface area contributed by atoms with Crippen LogP contribution in [0.25, 0.3) is 11.2 Å². The largest absolute Gasteiger partial charge is 0.396 e. The van der Waals surface area contributed by atoms with Crippen molar-refractivity contribution in [3.8, 4) is 0 Å². The highest BCUT2D eigenvalue weighted by Gasteiger charge is 2.11. The lowest BCUT2D eigenvalue weighted by molar-refractivity contribution is 0.185. The van der Waals surface area contributed by atoms with Gasteiger partial charge in [-0.15, -0.1) is 0 Å². The van der Waals surface area contributed by atoms with Gasteiger partial charge in [0, 0.05) is 19.1 Å². The third-order valence-corrected chi connectivity index (χ3v) is 2.75.